The summed E-state index contributed by atoms with van der Waals surface area (Å²) in [4.78, 5) is 23.5. The Bertz CT molecular complexity index is 263. The molecule has 0 unspecified atom stereocenters. The van der Waals surface area contributed by atoms with Crippen LogP contribution in [0.1, 0.15) is 12.8 Å². The van der Waals surface area contributed by atoms with Gasteiger partial charge in [0.05, 0.1) is 0 Å². The monoisotopic (exact) mass is 216 g/mol. The molecule has 1 fully saturated rings. The van der Waals surface area contributed by atoms with Gasteiger partial charge in [0.15, 0.2) is 5.17 Å². The van der Waals surface area contributed by atoms with Gasteiger partial charge in [0.1, 0.15) is 0 Å². The number of hydrogen-bond donors (Lipinski definition) is 2. The molecule has 0 aromatic heterocycles. The predicted molar refractivity (Wildman–Crippen MR) is 54.2 cm³/mol. The molecule has 0 aromatic carbocycles. The number of carbonyl (C=O) groups excluding carboxylic acids is 2. The molecule has 6 nitrogen and oxygen atoms in total. The maximum absolute atomic E-state index is 11.1. The molecule has 0 atom stereocenters. The first kappa shape index (κ1) is 10.8. The Morgan fingerprint density at radius 1 is 1.43 bits per heavy atom. The number of hydrogen-bond acceptors (Lipinski definition) is 5. The van der Waals surface area contributed by atoms with Crippen LogP contribution in [0.5, 0.6) is 0 Å². The summed E-state index contributed by atoms with van der Waals surface area (Å²) in [7, 11) is 0. The number of amidine groups is 1. The number of amides is 2. The highest BCUT2D eigenvalue weighted by molar-refractivity contribution is 8.13. The van der Waals surface area contributed by atoms with E-state index in [9.17, 15) is 9.59 Å². The van der Waals surface area contributed by atoms with Crippen LogP contribution in [0.2, 0.25) is 0 Å². The summed E-state index contributed by atoms with van der Waals surface area (Å²) in [6.45, 7) is 0.374. The van der Waals surface area contributed by atoms with Gasteiger partial charge in [0.2, 0.25) is 11.8 Å². The minimum atomic E-state index is -0.112. The van der Waals surface area contributed by atoms with Crippen LogP contribution in [0, 0.1) is 0 Å². The molecule has 0 aromatic rings. The quantitative estimate of drug-likeness (QED) is 0.208. The van der Waals surface area contributed by atoms with Crippen LogP contribution in [-0.4, -0.2) is 34.2 Å². The number of imide groups is 1. The molecule has 0 saturated carbocycles. The van der Waals surface area contributed by atoms with E-state index in [1.807, 2.05) is 0 Å². The highest BCUT2D eigenvalue weighted by Gasteiger charge is 2.27. The van der Waals surface area contributed by atoms with Gasteiger partial charge in [0, 0.05) is 25.1 Å². The van der Waals surface area contributed by atoms with Gasteiger partial charge in [0.25, 0.3) is 0 Å². The van der Waals surface area contributed by atoms with Crippen molar-refractivity contribution in [2.45, 2.75) is 12.8 Å². The molecule has 78 valence electrons. The number of hydrazone groups is 1. The summed E-state index contributed by atoms with van der Waals surface area (Å²) in [5.41, 5.74) is 5.33. The molecule has 0 radical (unpaired) electrons. The fraction of sp³-hybridized carbons (Fsp3) is 0.571. The predicted octanol–water partition coefficient (Wildman–Crippen LogP) is -0.943. The third-order valence-electron chi connectivity index (χ3n) is 1.85. The topological polar surface area (TPSA) is 102 Å². The van der Waals surface area contributed by atoms with Crippen molar-refractivity contribution in [3.05, 3.63) is 0 Å². The molecule has 1 saturated heterocycles. The molecule has 7 heteroatoms. The minimum Gasteiger partial charge on any atom is -0.377 e. The van der Waals surface area contributed by atoms with E-state index in [2.05, 4.69) is 5.10 Å². The molecule has 1 heterocycles. The second-order valence-electron chi connectivity index (χ2n) is 2.75. The van der Waals surface area contributed by atoms with E-state index in [0.717, 1.165) is 0 Å². The van der Waals surface area contributed by atoms with Crippen LogP contribution in [0.15, 0.2) is 5.10 Å². The van der Waals surface area contributed by atoms with Gasteiger partial charge in [-0.2, -0.15) is 5.10 Å². The fourth-order valence-corrected chi connectivity index (χ4v) is 1.71. The molecule has 1 aliphatic rings. The third-order valence-corrected chi connectivity index (χ3v) is 2.63. The van der Waals surface area contributed by atoms with Crippen molar-refractivity contribution in [1.29, 1.82) is 0 Å². The van der Waals surface area contributed by atoms with Crippen LogP contribution in [-0.2, 0) is 9.59 Å². The molecule has 1 rings (SSSR count). The van der Waals surface area contributed by atoms with E-state index >= 15 is 0 Å². The molecule has 2 amide bonds. The Labute approximate surface area is 85.7 Å². The molecule has 0 aliphatic carbocycles. The van der Waals surface area contributed by atoms with Crippen molar-refractivity contribution in [3.8, 4) is 0 Å². The van der Waals surface area contributed by atoms with E-state index in [-0.39, 0.29) is 17.0 Å². The number of nitrogens with zero attached hydrogens (tertiary/aromatic N) is 2. The largest absolute Gasteiger partial charge is 0.377 e. The van der Waals surface area contributed by atoms with Crippen molar-refractivity contribution in [3.63, 3.8) is 0 Å². The SMILES string of the molecule is NN=C(N)SCCN1C(=O)CCC1=O. The molecule has 14 heavy (non-hydrogen) atoms. The van der Waals surface area contributed by atoms with Crippen LogP contribution in [0.25, 0.3) is 0 Å². The Kier molecular flexibility index (Phi) is 3.75. The van der Waals surface area contributed by atoms with Gasteiger partial charge in [-0.25, -0.2) is 0 Å². The summed E-state index contributed by atoms with van der Waals surface area (Å²) in [6.07, 6.45) is 0.647. The van der Waals surface area contributed by atoms with E-state index in [1.165, 1.54) is 16.7 Å². The summed E-state index contributed by atoms with van der Waals surface area (Å²) < 4.78 is 0. The van der Waals surface area contributed by atoms with Gasteiger partial charge in [-0.15, -0.1) is 0 Å². The van der Waals surface area contributed by atoms with Gasteiger partial charge < -0.3 is 11.6 Å². The van der Waals surface area contributed by atoms with Crippen molar-refractivity contribution in [2.75, 3.05) is 12.3 Å². The zero-order valence-electron chi connectivity index (χ0n) is 7.60. The summed E-state index contributed by atoms with van der Waals surface area (Å²) >= 11 is 1.22. The lowest BCUT2D eigenvalue weighted by atomic mass is 10.4. The average Bonchev–Trinajstić information content (AvgIpc) is 2.48. The average molecular weight is 216 g/mol. The van der Waals surface area contributed by atoms with Crippen LogP contribution in [0.3, 0.4) is 0 Å². The Balaban J connectivity index is 2.31. The van der Waals surface area contributed by atoms with Gasteiger partial charge in [-0.3, -0.25) is 14.5 Å². The Morgan fingerprint density at radius 2 is 2.00 bits per heavy atom. The molecule has 0 spiro atoms. The number of thioether (sulfide) groups is 1. The van der Waals surface area contributed by atoms with Crippen LogP contribution in [0.4, 0.5) is 0 Å². The summed E-state index contributed by atoms with van der Waals surface area (Å²) in [5, 5.41) is 3.51. The van der Waals surface area contributed by atoms with E-state index in [4.69, 9.17) is 11.6 Å². The maximum Gasteiger partial charge on any atom is 0.229 e. The molecular weight excluding hydrogens is 204 g/mol. The summed E-state index contributed by atoms with van der Waals surface area (Å²) in [6, 6.07) is 0. The van der Waals surface area contributed by atoms with Crippen molar-refractivity contribution in [2.24, 2.45) is 16.7 Å². The Morgan fingerprint density at radius 3 is 2.50 bits per heavy atom. The maximum atomic E-state index is 11.1. The van der Waals surface area contributed by atoms with Crippen molar-refractivity contribution < 1.29 is 9.59 Å². The van der Waals surface area contributed by atoms with Gasteiger partial charge in [-0.05, 0) is 0 Å². The van der Waals surface area contributed by atoms with Crippen LogP contribution < -0.4 is 11.6 Å². The smallest absolute Gasteiger partial charge is 0.229 e. The summed E-state index contributed by atoms with van der Waals surface area (Å²) in [5.74, 6) is 5.22. The highest BCUT2D eigenvalue weighted by atomic mass is 32.2. The standard InChI is InChI=1S/C7H12N4O2S/c8-7(10-9)14-4-3-11-5(12)1-2-6(11)13/h1-4,9H2,(H2,8,10). The first-order chi connectivity index (χ1) is 6.65. The van der Waals surface area contributed by atoms with E-state index in [1.54, 1.807) is 0 Å². The second-order valence-corrected chi connectivity index (χ2v) is 3.87. The lowest BCUT2D eigenvalue weighted by molar-refractivity contribution is -0.137. The third kappa shape index (κ3) is 2.63. The number of likely N-dealkylation sites (tertiary alicyclic amines) is 1. The molecular formula is C7H12N4O2S. The van der Waals surface area contributed by atoms with E-state index < -0.39 is 0 Å². The lowest BCUT2D eigenvalue weighted by Gasteiger charge is -2.12. The molecule has 4 N–H and O–H groups in total. The zero-order valence-corrected chi connectivity index (χ0v) is 8.42. The molecule has 1 aliphatic heterocycles. The van der Waals surface area contributed by atoms with Gasteiger partial charge in [-0.1, -0.05) is 11.8 Å². The lowest BCUT2D eigenvalue weighted by Crippen LogP contribution is -2.31. The number of rotatable bonds is 3. The van der Waals surface area contributed by atoms with E-state index in [0.29, 0.717) is 25.1 Å². The number of carbonyl (C=O) groups is 2. The highest BCUT2D eigenvalue weighted by Crippen LogP contribution is 2.12. The molecule has 0 bridgehead atoms. The Hall–Kier alpha value is -1.24. The first-order valence-electron chi connectivity index (χ1n) is 4.14. The van der Waals surface area contributed by atoms with Crippen molar-refractivity contribution >= 4 is 28.7 Å². The first-order valence-corrected chi connectivity index (χ1v) is 5.13. The minimum absolute atomic E-state index is 0.112. The zero-order chi connectivity index (χ0) is 10.6. The van der Waals surface area contributed by atoms with Crippen LogP contribution >= 0.6 is 11.8 Å². The number of nitrogens with two attached hydrogens (primary N) is 2. The van der Waals surface area contributed by atoms with Gasteiger partial charge >= 0.3 is 0 Å². The fourth-order valence-electron chi connectivity index (χ4n) is 1.15. The van der Waals surface area contributed by atoms with Crippen molar-refractivity contribution in [1.82, 2.24) is 4.90 Å². The normalized spacial score (nSPS) is 18.0. The second kappa shape index (κ2) is 4.85.